The summed E-state index contributed by atoms with van der Waals surface area (Å²) in [6, 6.07) is 4.61. The highest BCUT2D eigenvalue weighted by Gasteiger charge is 2.20. The molecule has 0 aliphatic rings. The lowest BCUT2D eigenvalue weighted by molar-refractivity contribution is -0.384. The molecule has 0 aliphatic heterocycles. The Morgan fingerprint density at radius 1 is 1.60 bits per heavy atom. The second-order valence-electron chi connectivity index (χ2n) is 2.88. The number of hydrogen-bond acceptors (Lipinski definition) is 5. The molecule has 0 fully saturated rings. The fourth-order valence-electron chi connectivity index (χ4n) is 1.29. The fraction of sp³-hybridized carbons (Fsp3) is 0.222. The van der Waals surface area contributed by atoms with Crippen molar-refractivity contribution < 1.29 is 10.0 Å². The van der Waals surface area contributed by atoms with Crippen molar-refractivity contribution in [1.82, 2.24) is 0 Å². The van der Waals surface area contributed by atoms with Crippen LogP contribution in [-0.2, 0) is 6.42 Å². The summed E-state index contributed by atoms with van der Waals surface area (Å²) in [6.07, 6.45) is 0.145. The van der Waals surface area contributed by atoms with Crippen molar-refractivity contribution in [3.63, 3.8) is 0 Å². The molecule has 6 heteroatoms. The Labute approximate surface area is 85.7 Å². The molecule has 15 heavy (non-hydrogen) atoms. The first kappa shape index (κ1) is 10.9. The van der Waals surface area contributed by atoms with Crippen LogP contribution in [0.3, 0.4) is 0 Å². The molecule has 0 radical (unpaired) electrons. The van der Waals surface area contributed by atoms with E-state index in [-0.39, 0.29) is 30.0 Å². The molecule has 0 atom stereocenters. The first-order valence-corrected chi connectivity index (χ1v) is 4.18. The van der Waals surface area contributed by atoms with Gasteiger partial charge in [0.05, 0.1) is 10.5 Å². The van der Waals surface area contributed by atoms with Crippen LogP contribution in [0.1, 0.15) is 11.1 Å². The normalized spacial score (nSPS) is 9.60. The number of benzene rings is 1. The van der Waals surface area contributed by atoms with Crippen LogP contribution < -0.4 is 5.73 Å². The van der Waals surface area contributed by atoms with Crippen molar-refractivity contribution in [2.24, 2.45) is 0 Å². The van der Waals surface area contributed by atoms with E-state index in [4.69, 9.17) is 16.1 Å². The second-order valence-corrected chi connectivity index (χ2v) is 2.88. The maximum Gasteiger partial charge on any atom is 0.296 e. The number of anilines is 1. The predicted molar refractivity (Wildman–Crippen MR) is 53.0 cm³/mol. The highest BCUT2D eigenvalue weighted by Crippen LogP contribution is 2.29. The van der Waals surface area contributed by atoms with E-state index in [2.05, 4.69) is 0 Å². The monoisotopic (exact) mass is 207 g/mol. The van der Waals surface area contributed by atoms with Gasteiger partial charge in [-0.25, -0.2) is 0 Å². The lowest BCUT2D eigenvalue weighted by Gasteiger charge is -2.04. The molecule has 0 amide bonds. The molecule has 78 valence electrons. The Kier molecular flexibility index (Phi) is 3.21. The van der Waals surface area contributed by atoms with E-state index in [0.717, 1.165) is 0 Å². The number of nitrogens with zero attached hydrogens (tertiary/aromatic N) is 2. The summed E-state index contributed by atoms with van der Waals surface area (Å²) in [7, 11) is 0. The summed E-state index contributed by atoms with van der Waals surface area (Å²) < 4.78 is 0. The number of nitrogen functional groups attached to an aromatic ring is 1. The summed E-state index contributed by atoms with van der Waals surface area (Å²) in [4.78, 5) is 10.1. The fourth-order valence-corrected chi connectivity index (χ4v) is 1.29. The Balaban J connectivity index is 3.39. The van der Waals surface area contributed by atoms with Gasteiger partial charge in [-0.05, 0) is 6.07 Å². The van der Waals surface area contributed by atoms with Gasteiger partial charge in [-0.3, -0.25) is 10.1 Å². The van der Waals surface area contributed by atoms with Gasteiger partial charge >= 0.3 is 0 Å². The number of aliphatic hydroxyl groups is 1. The van der Waals surface area contributed by atoms with E-state index in [0.29, 0.717) is 5.56 Å². The molecule has 0 saturated heterocycles. The Morgan fingerprint density at radius 3 is 2.73 bits per heavy atom. The van der Waals surface area contributed by atoms with Crippen molar-refractivity contribution in [1.29, 1.82) is 5.26 Å². The van der Waals surface area contributed by atoms with Crippen LogP contribution in [0, 0.1) is 21.4 Å². The zero-order valence-corrected chi connectivity index (χ0v) is 7.80. The third-order valence-corrected chi connectivity index (χ3v) is 1.98. The summed E-state index contributed by atoms with van der Waals surface area (Å²) in [5, 5.41) is 28.1. The van der Waals surface area contributed by atoms with Crippen LogP contribution in [0.5, 0.6) is 0 Å². The Hall–Kier alpha value is -2.13. The topological polar surface area (TPSA) is 113 Å². The molecule has 3 N–H and O–H groups in total. The van der Waals surface area contributed by atoms with Gasteiger partial charge in [0.2, 0.25) is 0 Å². The maximum absolute atomic E-state index is 10.7. The number of aliphatic hydroxyl groups excluding tert-OH is 1. The van der Waals surface area contributed by atoms with Crippen LogP contribution in [0.15, 0.2) is 12.1 Å². The third kappa shape index (κ3) is 2.03. The zero-order valence-electron chi connectivity index (χ0n) is 7.80. The summed E-state index contributed by atoms with van der Waals surface area (Å²) in [5.74, 6) is 0. The smallest absolute Gasteiger partial charge is 0.296 e. The van der Waals surface area contributed by atoms with Gasteiger partial charge in [-0.1, -0.05) is 6.07 Å². The molecule has 1 aromatic carbocycles. The Morgan fingerprint density at radius 2 is 2.27 bits per heavy atom. The molecule has 6 nitrogen and oxygen atoms in total. The lowest BCUT2D eigenvalue weighted by Crippen LogP contribution is -2.04. The second kappa shape index (κ2) is 4.39. The summed E-state index contributed by atoms with van der Waals surface area (Å²) >= 11 is 0. The average Bonchev–Trinajstić information content (AvgIpc) is 2.18. The first-order chi connectivity index (χ1) is 7.11. The van der Waals surface area contributed by atoms with Gasteiger partial charge < -0.3 is 10.8 Å². The maximum atomic E-state index is 10.7. The van der Waals surface area contributed by atoms with Gasteiger partial charge in [0.25, 0.3) is 5.69 Å². The molecule has 0 bridgehead atoms. The molecule has 0 aliphatic carbocycles. The molecule has 0 aromatic heterocycles. The molecule has 1 aromatic rings. The molecule has 0 saturated carbocycles. The zero-order chi connectivity index (χ0) is 11.4. The minimum atomic E-state index is -0.638. The standard InChI is InChI=1S/C9H9N3O3/c10-5-7-2-1-6(3-4-13)9(8(7)11)12(14)15/h1-2,13H,3-4,11H2. The average molecular weight is 207 g/mol. The van der Waals surface area contributed by atoms with Crippen LogP contribution >= 0.6 is 0 Å². The highest BCUT2D eigenvalue weighted by molar-refractivity contribution is 5.70. The van der Waals surface area contributed by atoms with Crippen molar-refractivity contribution in [3.8, 4) is 6.07 Å². The van der Waals surface area contributed by atoms with Crippen LogP contribution in [0.25, 0.3) is 0 Å². The van der Waals surface area contributed by atoms with Gasteiger partial charge in [-0.15, -0.1) is 0 Å². The molecule has 0 unspecified atom stereocenters. The van der Waals surface area contributed by atoms with Gasteiger partial charge in [0.1, 0.15) is 11.8 Å². The van der Waals surface area contributed by atoms with E-state index in [9.17, 15) is 10.1 Å². The number of nitro groups is 1. The number of hydrogen-bond donors (Lipinski definition) is 2. The van der Waals surface area contributed by atoms with Crippen molar-refractivity contribution >= 4 is 11.4 Å². The number of nitriles is 1. The lowest BCUT2D eigenvalue weighted by atomic mass is 10.0. The molecule has 1 rings (SSSR count). The van der Waals surface area contributed by atoms with E-state index in [1.54, 1.807) is 6.07 Å². The van der Waals surface area contributed by atoms with Crippen LogP contribution in [-0.4, -0.2) is 16.6 Å². The van der Waals surface area contributed by atoms with E-state index < -0.39 is 4.92 Å². The van der Waals surface area contributed by atoms with Gasteiger partial charge in [0.15, 0.2) is 0 Å². The van der Waals surface area contributed by atoms with Gasteiger partial charge in [0, 0.05) is 18.6 Å². The van der Waals surface area contributed by atoms with Crippen molar-refractivity contribution in [2.45, 2.75) is 6.42 Å². The number of rotatable bonds is 3. The van der Waals surface area contributed by atoms with Gasteiger partial charge in [-0.2, -0.15) is 5.26 Å². The minimum absolute atomic E-state index is 0.0726. The van der Waals surface area contributed by atoms with Crippen molar-refractivity contribution in [2.75, 3.05) is 12.3 Å². The van der Waals surface area contributed by atoms with Crippen molar-refractivity contribution in [3.05, 3.63) is 33.4 Å². The first-order valence-electron chi connectivity index (χ1n) is 4.18. The van der Waals surface area contributed by atoms with E-state index >= 15 is 0 Å². The number of nitro benzene ring substituents is 1. The molecule has 0 heterocycles. The molecular formula is C9H9N3O3. The third-order valence-electron chi connectivity index (χ3n) is 1.98. The summed E-state index contributed by atoms with van der Waals surface area (Å²) in [5.41, 5.74) is 5.45. The predicted octanol–water partition coefficient (Wildman–Crippen LogP) is 0.583. The van der Waals surface area contributed by atoms with Crippen LogP contribution in [0.4, 0.5) is 11.4 Å². The highest BCUT2D eigenvalue weighted by atomic mass is 16.6. The largest absolute Gasteiger partial charge is 0.396 e. The van der Waals surface area contributed by atoms with Crippen LogP contribution in [0.2, 0.25) is 0 Å². The molecule has 0 spiro atoms. The quantitative estimate of drug-likeness (QED) is 0.427. The van der Waals surface area contributed by atoms with E-state index in [1.165, 1.54) is 12.1 Å². The minimum Gasteiger partial charge on any atom is -0.396 e. The molecular weight excluding hydrogens is 198 g/mol. The summed E-state index contributed by atoms with van der Waals surface area (Å²) in [6.45, 7) is -0.202. The number of nitrogens with two attached hydrogens (primary N) is 1. The SMILES string of the molecule is N#Cc1ccc(CCO)c([N+](=O)[O-])c1N. The Bertz CT molecular complexity index is 437. The van der Waals surface area contributed by atoms with E-state index in [1.807, 2.05) is 0 Å².